The average molecular weight is 507 g/mol. The van der Waals surface area contributed by atoms with Crippen molar-refractivity contribution in [3.63, 3.8) is 0 Å². The summed E-state index contributed by atoms with van der Waals surface area (Å²) < 4.78 is 12.1. The molecule has 0 unspecified atom stereocenters. The van der Waals surface area contributed by atoms with Crippen LogP contribution in [0.25, 0.3) is 11.1 Å². The number of aryl methyl sites for hydroxylation is 2. The summed E-state index contributed by atoms with van der Waals surface area (Å²) in [5, 5.41) is 11.3. The summed E-state index contributed by atoms with van der Waals surface area (Å²) in [5.74, 6) is 1.98. The highest BCUT2D eigenvalue weighted by Crippen LogP contribution is 2.51. The van der Waals surface area contributed by atoms with Crippen LogP contribution in [0.2, 0.25) is 0 Å². The van der Waals surface area contributed by atoms with Crippen LogP contribution in [0.15, 0.2) is 24.3 Å². The van der Waals surface area contributed by atoms with Gasteiger partial charge in [-0.15, -0.1) is 0 Å². The minimum atomic E-state index is -0.651. The number of nitrogens with zero attached hydrogens (tertiary/aromatic N) is 2. The zero-order chi connectivity index (χ0) is 26.3. The van der Waals surface area contributed by atoms with Crippen molar-refractivity contribution >= 4 is 17.5 Å². The molecule has 0 bridgehead atoms. The van der Waals surface area contributed by atoms with Crippen molar-refractivity contribution < 1.29 is 19.4 Å². The van der Waals surface area contributed by atoms with Crippen LogP contribution in [-0.2, 0) is 17.6 Å². The lowest BCUT2D eigenvalue weighted by molar-refractivity contribution is -0.0136. The minimum absolute atomic E-state index is 0.135. The van der Waals surface area contributed by atoms with Crippen LogP contribution in [0, 0.1) is 17.8 Å². The van der Waals surface area contributed by atoms with Gasteiger partial charge in [0, 0.05) is 27.2 Å². The second-order valence-electron chi connectivity index (χ2n) is 11.8. The molecule has 0 amide bonds. The summed E-state index contributed by atoms with van der Waals surface area (Å²) in [7, 11) is 4.15. The molecule has 1 fully saturated rings. The number of carbonyl (C=O) groups is 1. The number of anilines is 2. The molecule has 2 heterocycles. The van der Waals surface area contributed by atoms with Crippen molar-refractivity contribution in [3.8, 4) is 22.6 Å². The van der Waals surface area contributed by atoms with Gasteiger partial charge in [0.2, 0.25) is 0 Å². The predicted molar refractivity (Wildman–Crippen MR) is 149 cm³/mol. The SMILES string of the molecule is CC(C)[C@@H]1CC[C@@H](C)C[C@H]1OC(=O)Oc1ccc2c(c1-c1c(O)ccc3c1N(C)CCC3)N(C)CCC2. The van der Waals surface area contributed by atoms with Gasteiger partial charge in [-0.3, -0.25) is 0 Å². The molecule has 2 aromatic carbocycles. The third kappa shape index (κ3) is 4.99. The van der Waals surface area contributed by atoms with Gasteiger partial charge in [0.25, 0.3) is 0 Å². The molecular weight excluding hydrogens is 464 g/mol. The van der Waals surface area contributed by atoms with Crippen LogP contribution in [0.5, 0.6) is 11.5 Å². The van der Waals surface area contributed by atoms with Crippen LogP contribution in [0.4, 0.5) is 16.2 Å². The number of ether oxygens (including phenoxy) is 2. The van der Waals surface area contributed by atoms with Gasteiger partial charge >= 0.3 is 6.16 Å². The maximum atomic E-state index is 13.3. The molecule has 37 heavy (non-hydrogen) atoms. The lowest BCUT2D eigenvalue weighted by Gasteiger charge is -2.36. The number of rotatable bonds is 4. The van der Waals surface area contributed by atoms with E-state index in [1.165, 1.54) is 17.5 Å². The van der Waals surface area contributed by atoms with Gasteiger partial charge in [-0.1, -0.05) is 39.3 Å². The molecule has 3 atom stereocenters. The Kier molecular flexibility index (Phi) is 7.28. The Hall–Kier alpha value is -2.89. The quantitative estimate of drug-likeness (QED) is 0.363. The topological polar surface area (TPSA) is 62.2 Å². The van der Waals surface area contributed by atoms with E-state index in [0.717, 1.165) is 74.1 Å². The second-order valence-corrected chi connectivity index (χ2v) is 11.8. The molecule has 6 nitrogen and oxygen atoms in total. The first kappa shape index (κ1) is 25.7. The Labute approximate surface area is 221 Å². The standard InChI is InChI=1S/C31H42N2O4/c1-19(2)23-13-10-20(3)18-26(23)37-31(35)36-25-15-12-22-9-7-17-33(5)30(22)28(25)27-24(34)14-11-21-8-6-16-32(4)29(21)27/h11-12,14-15,19-20,23,26,34H,6-10,13,16-18H2,1-5H3/t20-,23+,26-/m1/s1. The normalized spacial score (nSPS) is 23.5. The monoisotopic (exact) mass is 506 g/mol. The first-order chi connectivity index (χ1) is 17.7. The fourth-order valence-electron chi connectivity index (χ4n) is 6.81. The van der Waals surface area contributed by atoms with Crippen molar-refractivity contribution in [1.82, 2.24) is 0 Å². The summed E-state index contributed by atoms with van der Waals surface area (Å²) in [6, 6.07) is 7.76. The van der Waals surface area contributed by atoms with Gasteiger partial charge in [-0.2, -0.15) is 0 Å². The number of hydrogen-bond donors (Lipinski definition) is 1. The van der Waals surface area contributed by atoms with E-state index in [4.69, 9.17) is 9.47 Å². The summed E-state index contributed by atoms with van der Waals surface area (Å²) in [6.45, 7) is 8.47. The van der Waals surface area contributed by atoms with E-state index in [1.807, 2.05) is 12.1 Å². The Morgan fingerprint density at radius 1 is 0.946 bits per heavy atom. The Morgan fingerprint density at radius 2 is 1.57 bits per heavy atom. The average Bonchev–Trinajstić information content (AvgIpc) is 2.85. The number of phenols is 1. The smallest absolute Gasteiger partial charge is 0.507 e. The molecule has 1 saturated carbocycles. The van der Waals surface area contributed by atoms with Crippen molar-refractivity contribution in [2.75, 3.05) is 37.0 Å². The van der Waals surface area contributed by atoms with E-state index in [9.17, 15) is 9.90 Å². The van der Waals surface area contributed by atoms with E-state index in [-0.39, 0.29) is 11.9 Å². The van der Waals surface area contributed by atoms with Gasteiger partial charge in [-0.25, -0.2) is 4.79 Å². The van der Waals surface area contributed by atoms with Crippen LogP contribution >= 0.6 is 0 Å². The molecule has 0 radical (unpaired) electrons. The van der Waals surface area contributed by atoms with Gasteiger partial charge in [0.15, 0.2) is 0 Å². The van der Waals surface area contributed by atoms with E-state index in [1.54, 1.807) is 6.07 Å². The Balaban J connectivity index is 1.56. The van der Waals surface area contributed by atoms with Crippen LogP contribution in [-0.4, -0.2) is 44.6 Å². The molecule has 2 aromatic rings. The maximum Gasteiger partial charge on any atom is 0.514 e. The molecule has 5 rings (SSSR count). The highest BCUT2D eigenvalue weighted by Gasteiger charge is 2.35. The van der Waals surface area contributed by atoms with E-state index in [0.29, 0.717) is 23.5 Å². The van der Waals surface area contributed by atoms with Gasteiger partial charge in [0.05, 0.1) is 22.5 Å². The number of aromatic hydroxyl groups is 1. The molecule has 3 aliphatic rings. The van der Waals surface area contributed by atoms with E-state index >= 15 is 0 Å². The second kappa shape index (κ2) is 10.5. The molecule has 0 aromatic heterocycles. The third-order valence-electron chi connectivity index (χ3n) is 8.76. The largest absolute Gasteiger partial charge is 0.514 e. The summed E-state index contributed by atoms with van der Waals surface area (Å²) >= 11 is 0. The molecule has 1 N–H and O–H groups in total. The van der Waals surface area contributed by atoms with Crippen LogP contribution in [0.1, 0.15) is 64.0 Å². The minimum Gasteiger partial charge on any atom is -0.507 e. The zero-order valence-corrected chi connectivity index (χ0v) is 23.0. The van der Waals surface area contributed by atoms with E-state index in [2.05, 4.69) is 50.7 Å². The van der Waals surface area contributed by atoms with Gasteiger partial charge in [0.1, 0.15) is 17.6 Å². The predicted octanol–water partition coefficient (Wildman–Crippen LogP) is 6.80. The van der Waals surface area contributed by atoms with Gasteiger partial charge < -0.3 is 24.4 Å². The molecule has 2 aliphatic heterocycles. The molecular formula is C31H42N2O4. The van der Waals surface area contributed by atoms with Crippen molar-refractivity contribution in [3.05, 3.63) is 35.4 Å². The van der Waals surface area contributed by atoms with Crippen LogP contribution < -0.4 is 14.5 Å². The highest BCUT2D eigenvalue weighted by molar-refractivity contribution is 5.97. The molecule has 0 spiro atoms. The van der Waals surface area contributed by atoms with Crippen molar-refractivity contribution in [1.29, 1.82) is 0 Å². The summed E-state index contributed by atoms with van der Waals surface area (Å²) in [6.07, 6.45) is 6.40. The maximum absolute atomic E-state index is 13.3. The Bertz CT molecular complexity index is 1160. The molecule has 6 heteroatoms. The number of carbonyl (C=O) groups excluding carboxylic acids is 1. The van der Waals surface area contributed by atoms with Crippen LogP contribution in [0.3, 0.4) is 0 Å². The highest BCUT2D eigenvalue weighted by atomic mass is 16.7. The number of benzene rings is 2. The number of hydrogen-bond acceptors (Lipinski definition) is 6. The number of phenolic OH excluding ortho intramolecular Hbond substituents is 1. The first-order valence-corrected chi connectivity index (χ1v) is 14.1. The summed E-state index contributed by atoms with van der Waals surface area (Å²) in [4.78, 5) is 17.7. The van der Waals surface area contributed by atoms with Crippen molar-refractivity contribution in [2.45, 2.75) is 71.8 Å². The zero-order valence-electron chi connectivity index (χ0n) is 23.0. The Morgan fingerprint density at radius 3 is 2.22 bits per heavy atom. The van der Waals surface area contributed by atoms with Crippen molar-refractivity contribution in [2.24, 2.45) is 17.8 Å². The molecule has 200 valence electrons. The fraction of sp³-hybridized carbons (Fsp3) is 0.581. The fourth-order valence-corrected chi connectivity index (χ4v) is 6.81. The molecule has 1 aliphatic carbocycles. The van der Waals surface area contributed by atoms with E-state index < -0.39 is 6.16 Å². The third-order valence-corrected chi connectivity index (χ3v) is 8.76. The van der Waals surface area contributed by atoms with Gasteiger partial charge in [-0.05, 0) is 79.5 Å². The first-order valence-electron chi connectivity index (χ1n) is 14.1. The molecule has 0 saturated heterocycles. The summed E-state index contributed by atoms with van der Waals surface area (Å²) in [5.41, 5.74) is 6.02. The lowest BCUT2D eigenvalue weighted by atomic mass is 9.75. The number of fused-ring (bicyclic) bond motifs is 2. The lowest BCUT2D eigenvalue weighted by Crippen LogP contribution is -2.36.